The lowest BCUT2D eigenvalue weighted by Gasteiger charge is -2.27. The summed E-state index contributed by atoms with van der Waals surface area (Å²) in [6.07, 6.45) is 2.01. The van der Waals surface area contributed by atoms with Gasteiger partial charge in [0.05, 0.1) is 23.6 Å². The largest absolute Gasteiger partial charge is 0.484 e. The van der Waals surface area contributed by atoms with Crippen molar-refractivity contribution in [2.45, 2.75) is 25.6 Å². The van der Waals surface area contributed by atoms with E-state index in [4.69, 9.17) is 9.72 Å². The normalized spacial score (nSPS) is 15.8. The summed E-state index contributed by atoms with van der Waals surface area (Å²) in [7, 11) is 3.77. The summed E-state index contributed by atoms with van der Waals surface area (Å²) >= 11 is 0. The van der Waals surface area contributed by atoms with Gasteiger partial charge in [0, 0.05) is 43.0 Å². The predicted octanol–water partition coefficient (Wildman–Crippen LogP) is 4.35. The first-order chi connectivity index (χ1) is 16.6. The van der Waals surface area contributed by atoms with Gasteiger partial charge in [0.15, 0.2) is 6.61 Å². The molecule has 2 aromatic heterocycles. The van der Waals surface area contributed by atoms with E-state index < -0.39 is 12.8 Å². The zero-order chi connectivity index (χ0) is 25.2. The fourth-order valence-electron chi connectivity index (χ4n) is 3.85. The van der Waals surface area contributed by atoms with E-state index in [0.717, 1.165) is 17.7 Å². The van der Waals surface area contributed by atoms with E-state index in [1.165, 1.54) is 12.1 Å². The third kappa shape index (κ3) is 6.00. The number of aryl methyl sites for hydroxylation is 1. The molecule has 0 saturated carbocycles. The van der Waals surface area contributed by atoms with E-state index in [1.54, 1.807) is 35.1 Å². The molecule has 0 saturated heterocycles. The number of ether oxygens (including phenoxy) is 1. The average Bonchev–Trinajstić information content (AvgIpc) is 3.15. The Labute approximate surface area is 201 Å². The minimum atomic E-state index is -4.42. The Kier molecular flexibility index (Phi) is 6.81. The van der Waals surface area contributed by atoms with Crippen LogP contribution < -0.4 is 10.1 Å². The Morgan fingerprint density at radius 2 is 1.89 bits per heavy atom. The molecular weight excluding hydrogens is 459 g/mol. The van der Waals surface area contributed by atoms with Crippen LogP contribution in [-0.2, 0) is 7.05 Å². The first kappa shape index (κ1) is 24.3. The van der Waals surface area contributed by atoms with E-state index in [9.17, 15) is 18.0 Å². The number of rotatable bonds is 6. The number of amides is 1. The Bertz CT molecular complexity index is 1230. The number of nitrogens with zero attached hydrogens (tertiary/aromatic N) is 4. The summed E-state index contributed by atoms with van der Waals surface area (Å²) in [5.41, 5.74) is 3.84. The number of carbonyl (C=O) groups excluding carboxylic acids is 1. The van der Waals surface area contributed by atoms with Gasteiger partial charge in [0.25, 0.3) is 5.91 Å². The van der Waals surface area contributed by atoms with Crippen molar-refractivity contribution in [3.05, 3.63) is 66.1 Å². The number of benzene rings is 1. The van der Waals surface area contributed by atoms with E-state index in [1.807, 2.05) is 38.2 Å². The van der Waals surface area contributed by atoms with Crippen LogP contribution in [0.5, 0.6) is 5.75 Å². The summed E-state index contributed by atoms with van der Waals surface area (Å²) in [6, 6.07) is 9.53. The fraction of sp³-hybridized carbons (Fsp3) is 0.320. The van der Waals surface area contributed by atoms with Crippen LogP contribution in [0.1, 0.15) is 22.5 Å². The second-order valence-electron chi connectivity index (χ2n) is 8.55. The molecule has 1 N–H and O–H groups in total. The average molecular weight is 486 g/mol. The third-order valence-corrected chi connectivity index (χ3v) is 5.78. The third-order valence-electron chi connectivity index (χ3n) is 5.78. The van der Waals surface area contributed by atoms with Crippen LogP contribution in [0.2, 0.25) is 0 Å². The first-order valence-electron chi connectivity index (χ1n) is 11.1. The molecule has 3 aromatic rings. The quantitative estimate of drug-likeness (QED) is 0.562. The van der Waals surface area contributed by atoms with Crippen molar-refractivity contribution in [2.75, 3.05) is 20.2 Å². The summed E-state index contributed by atoms with van der Waals surface area (Å²) in [5.74, 6) is -0.131. The molecule has 184 valence electrons. The second kappa shape index (κ2) is 9.81. The number of hydrogen-bond acceptors (Lipinski definition) is 5. The zero-order valence-electron chi connectivity index (χ0n) is 19.6. The lowest BCUT2D eigenvalue weighted by molar-refractivity contribution is -0.153. The second-order valence-corrected chi connectivity index (χ2v) is 8.55. The molecule has 1 amide bonds. The van der Waals surface area contributed by atoms with Crippen molar-refractivity contribution in [3.63, 3.8) is 0 Å². The number of likely N-dealkylation sites (N-methyl/N-ethyl adjacent to an activating group) is 1. The summed E-state index contributed by atoms with van der Waals surface area (Å²) < 4.78 is 43.9. The lowest BCUT2D eigenvalue weighted by atomic mass is 10.0. The molecule has 4 rings (SSSR count). The Morgan fingerprint density at radius 3 is 2.51 bits per heavy atom. The number of alkyl halides is 3. The maximum atomic E-state index is 13.2. The number of nitrogens with one attached hydrogen (secondary N) is 1. The number of halogens is 3. The van der Waals surface area contributed by atoms with Crippen LogP contribution >= 0.6 is 0 Å². The van der Waals surface area contributed by atoms with Gasteiger partial charge in [0.2, 0.25) is 0 Å². The van der Waals surface area contributed by atoms with Crippen LogP contribution in [0.3, 0.4) is 0 Å². The molecule has 10 heteroatoms. The van der Waals surface area contributed by atoms with Gasteiger partial charge in [-0.05, 0) is 55.9 Å². The maximum absolute atomic E-state index is 13.2. The number of carbonyl (C=O) groups is 1. The van der Waals surface area contributed by atoms with E-state index in [0.29, 0.717) is 29.1 Å². The molecular formula is C25H26F3N5O2. The minimum absolute atomic E-state index is 0.0252. The lowest BCUT2D eigenvalue weighted by Crippen LogP contribution is -2.42. The molecule has 0 aliphatic carbocycles. The van der Waals surface area contributed by atoms with Crippen LogP contribution in [0.4, 0.5) is 13.2 Å². The van der Waals surface area contributed by atoms with Gasteiger partial charge < -0.3 is 15.0 Å². The first-order valence-corrected chi connectivity index (χ1v) is 11.1. The molecule has 1 aromatic carbocycles. The predicted molar refractivity (Wildman–Crippen MR) is 126 cm³/mol. The van der Waals surface area contributed by atoms with E-state index >= 15 is 0 Å². The van der Waals surface area contributed by atoms with Crippen LogP contribution in [0.15, 0.2) is 54.9 Å². The van der Waals surface area contributed by atoms with Crippen molar-refractivity contribution in [3.8, 4) is 28.3 Å². The van der Waals surface area contributed by atoms with Gasteiger partial charge in [0.1, 0.15) is 5.75 Å². The standard InChI is InChI=1S/C25H26F3N5O2/c1-16-21(13-29-33(16)3)23-12-18(24(34)30-19-5-4-10-32(2)14-19)11-22(31-23)17-6-8-20(9-7-17)35-15-25(26,27)28/h4,6-13,19H,5,14-15H2,1-3H3,(H,30,34). The molecule has 3 heterocycles. The molecule has 0 radical (unpaired) electrons. The summed E-state index contributed by atoms with van der Waals surface area (Å²) in [6.45, 7) is 1.25. The number of aromatic nitrogens is 3. The van der Waals surface area contributed by atoms with Crippen molar-refractivity contribution in [1.29, 1.82) is 0 Å². The smallest absolute Gasteiger partial charge is 0.422 e. The summed E-state index contributed by atoms with van der Waals surface area (Å²) in [5, 5.41) is 7.35. The van der Waals surface area contributed by atoms with Crippen LogP contribution in [-0.4, -0.2) is 58.0 Å². The fourth-order valence-corrected chi connectivity index (χ4v) is 3.85. The van der Waals surface area contributed by atoms with Gasteiger partial charge in [-0.3, -0.25) is 9.48 Å². The van der Waals surface area contributed by atoms with Gasteiger partial charge >= 0.3 is 6.18 Å². The van der Waals surface area contributed by atoms with Gasteiger partial charge in [-0.25, -0.2) is 4.98 Å². The molecule has 0 bridgehead atoms. The minimum Gasteiger partial charge on any atom is -0.484 e. The molecule has 35 heavy (non-hydrogen) atoms. The SMILES string of the molecule is Cc1c(-c2cc(C(=O)NC3CC=CN(C)C3)cc(-c3ccc(OCC(F)(F)F)cc3)n2)cnn1C. The van der Waals surface area contributed by atoms with E-state index in [-0.39, 0.29) is 17.7 Å². The van der Waals surface area contributed by atoms with Crippen molar-refractivity contribution < 1.29 is 22.7 Å². The van der Waals surface area contributed by atoms with Crippen molar-refractivity contribution in [1.82, 2.24) is 25.0 Å². The Hall–Kier alpha value is -3.82. The molecule has 1 aliphatic rings. The van der Waals surface area contributed by atoms with Crippen molar-refractivity contribution in [2.24, 2.45) is 7.05 Å². The highest BCUT2D eigenvalue weighted by molar-refractivity contribution is 5.96. The highest BCUT2D eigenvalue weighted by atomic mass is 19.4. The number of hydrogen-bond donors (Lipinski definition) is 1. The molecule has 1 atom stereocenters. The highest BCUT2D eigenvalue weighted by Gasteiger charge is 2.28. The van der Waals surface area contributed by atoms with E-state index in [2.05, 4.69) is 10.4 Å². The molecule has 1 unspecified atom stereocenters. The van der Waals surface area contributed by atoms with Gasteiger partial charge in [-0.2, -0.15) is 18.3 Å². The van der Waals surface area contributed by atoms with Gasteiger partial charge in [-0.15, -0.1) is 0 Å². The Balaban J connectivity index is 1.66. The van der Waals surface area contributed by atoms with Gasteiger partial charge in [-0.1, -0.05) is 6.08 Å². The van der Waals surface area contributed by atoms with Crippen LogP contribution in [0.25, 0.3) is 22.5 Å². The monoisotopic (exact) mass is 485 g/mol. The Morgan fingerprint density at radius 1 is 1.17 bits per heavy atom. The molecule has 1 aliphatic heterocycles. The molecule has 0 fully saturated rings. The van der Waals surface area contributed by atoms with Crippen molar-refractivity contribution >= 4 is 5.91 Å². The molecule has 7 nitrogen and oxygen atoms in total. The molecule has 0 spiro atoms. The van der Waals surface area contributed by atoms with Crippen LogP contribution in [0, 0.1) is 6.92 Å². The number of pyridine rings is 1. The zero-order valence-corrected chi connectivity index (χ0v) is 19.6. The maximum Gasteiger partial charge on any atom is 0.422 e. The summed E-state index contributed by atoms with van der Waals surface area (Å²) in [4.78, 5) is 19.9. The highest BCUT2D eigenvalue weighted by Crippen LogP contribution is 2.28. The topological polar surface area (TPSA) is 72.3 Å².